The summed E-state index contributed by atoms with van der Waals surface area (Å²) in [7, 11) is -1.82. The van der Waals surface area contributed by atoms with Crippen molar-refractivity contribution < 1.29 is 18.5 Å². The van der Waals surface area contributed by atoms with Gasteiger partial charge < -0.3 is 14.8 Å². The quantitative estimate of drug-likeness (QED) is 0.749. The van der Waals surface area contributed by atoms with Crippen molar-refractivity contribution in [2.45, 2.75) is 55.9 Å². The van der Waals surface area contributed by atoms with Crippen LogP contribution in [0.15, 0.2) is 21.5 Å². The molecular weight excluding hydrogens is 418 g/mol. The molecule has 3 aliphatic rings. The molecule has 1 aromatic carbocycles. The number of ether oxygens (including phenoxy) is 2. The predicted molar refractivity (Wildman–Crippen MR) is 116 cm³/mol. The summed E-state index contributed by atoms with van der Waals surface area (Å²) < 4.78 is 29.6. The van der Waals surface area contributed by atoms with Crippen LogP contribution in [-0.2, 0) is 33.9 Å². The minimum atomic E-state index is -3.51. The van der Waals surface area contributed by atoms with E-state index in [9.17, 15) is 9.00 Å². The van der Waals surface area contributed by atoms with Crippen LogP contribution in [0.5, 0.6) is 5.88 Å². The molecule has 166 valence electrons. The Morgan fingerprint density at radius 3 is 3.06 bits per heavy atom. The normalized spacial score (nSPS) is 22.9. The monoisotopic (exact) mass is 445 g/mol. The zero-order chi connectivity index (χ0) is 21.8. The van der Waals surface area contributed by atoms with E-state index in [1.165, 1.54) is 17.3 Å². The molecule has 2 aliphatic carbocycles. The molecule has 10 heteroatoms. The molecule has 0 radical (unpaired) electrons. The van der Waals surface area contributed by atoms with Gasteiger partial charge in [0.1, 0.15) is 11.5 Å². The molecule has 0 bridgehead atoms. The van der Waals surface area contributed by atoms with E-state index in [4.69, 9.17) is 14.6 Å². The highest BCUT2D eigenvalue weighted by atomic mass is 32.2. The summed E-state index contributed by atoms with van der Waals surface area (Å²) in [5.74, 6) is 0.537. The van der Waals surface area contributed by atoms with E-state index >= 15 is 0 Å². The second-order valence-corrected chi connectivity index (χ2v) is 10.3. The molecule has 1 unspecified atom stereocenters. The summed E-state index contributed by atoms with van der Waals surface area (Å²) in [5, 5.41) is 13.1. The van der Waals surface area contributed by atoms with Crippen molar-refractivity contribution in [1.82, 2.24) is 9.78 Å². The van der Waals surface area contributed by atoms with Crippen molar-refractivity contribution in [3.63, 3.8) is 0 Å². The van der Waals surface area contributed by atoms with E-state index in [1.807, 2.05) is 6.92 Å². The van der Waals surface area contributed by atoms with Crippen LogP contribution in [0.4, 0.5) is 10.5 Å². The number of rotatable bonds is 4. The molecule has 0 spiro atoms. The number of amides is 2. The number of hydrogen-bond donors (Lipinski definition) is 2. The Morgan fingerprint density at radius 2 is 2.26 bits per heavy atom. The van der Waals surface area contributed by atoms with E-state index in [2.05, 4.69) is 20.8 Å². The lowest BCUT2D eigenvalue weighted by Crippen LogP contribution is -2.19. The van der Waals surface area contributed by atoms with Gasteiger partial charge in [-0.05, 0) is 61.3 Å². The molecule has 2 heterocycles. The van der Waals surface area contributed by atoms with Crippen molar-refractivity contribution in [3.05, 3.63) is 34.5 Å². The van der Waals surface area contributed by atoms with E-state index in [-0.39, 0.29) is 16.9 Å². The highest BCUT2D eigenvalue weighted by molar-refractivity contribution is 7.91. The number of anilines is 1. The average Bonchev–Trinajstić information content (AvgIpc) is 3.47. The average molecular weight is 446 g/mol. The highest BCUT2D eigenvalue weighted by Crippen LogP contribution is 2.44. The fourth-order valence-electron chi connectivity index (χ4n) is 5.04. The molecule has 0 saturated carbocycles. The topological polar surface area (TPSA) is 121 Å². The molecule has 3 atom stereocenters. The first kappa shape index (κ1) is 20.5. The van der Waals surface area contributed by atoms with Gasteiger partial charge in [-0.15, -0.1) is 4.36 Å². The predicted octanol–water partition coefficient (Wildman–Crippen LogP) is 2.93. The van der Waals surface area contributed by atoms with E-state index in [1.54, 1.807) is 11.8 Å². The van der Waals surface area contributed by atoms with Crippen LogP contribution in [0.3, 0.4) is 0 Å². The molecular formula is C21H27N5O4S. The van der Waals surface area contributed by atoms with Gasteiger partial charge in [-0.1, -0.05) is 6.07 Å². The van der Waals surface area contributed by atoms with Gasteiger partial charge in [0.2, 0.25) is 5.88 Å². The maximum absolute atomic E-state index is 13.1. The Hall–Kier alpha value is -2.43. The summed E-state index contributed by atoms with van der Waals surface area (Å²) in [6, 6.07) is 1.57. The number of benzene rings is 1. The SMILES string of the molecule is COC[C@H]1CCc2cc3c(c(NC(=O)N=S(N)(=O)c4cnn5c4OC[C@H]5C)c21)CCC3. The fraction of sp³-hybridized carbons (Fsp3) is 0.524. The second-order valence-electron chi connectivity index (χ2n) is 8.52. The maximum atomic E-state index is 13.1. The zero-order valence-electron chi connectivity index (χ0n) is 17.7. The van der Waals surface area contributed by atoms with Gasteiger partial charge in [-0.25, -0.2) is 18.8 Å². The minimum Gasteiger partial charge on any atom is -0.475 e. The van der Waals surface area contributed by atoms with Crippen LogP contribution >= 0.6 is 0 Å². The fourth-order valence-corrected chi connectivity index (χ4v) is 6.03. The number of carbonyl (C=O) groups is 1. The molecule has 31 heavy (non-hydrogen) atoms. The Labute approximate surface area is 181 Å². The molecule has 9 nitrogen and oxygen atoms in total. The largest absolute Gasteiger partial charge is 0.475 e. The number of carbonyl (C=O) groups excluding carboxylic acids is 1. The lowest BCUT2D eigenvalue weighted by Gasteiger charge is -2.19. The standard InChI is InChI=1S/C21H27N5O4S/c1-12-10-30-20-17(9-23-26(12)20)31(22,28)25-21(27)24-19-16-5-3-4-13(16)8-14-6-7-15(11-29-2)18(14)19/h8-9,12,15H,3-7,10-11H2,1-2H3,(H3,22,24,25,27,28)/t12-,15-,31?/m1/s1. The number of nitrogens with zero attached hydrogens (tertiary/aromatic N) is 3. The number of nitrogens with one attached hydrogen (secondary N) is 1. The third kappa shape index (κ3) is 3.42. The van der Waals surface area contributed by atoms with Gasteiger partial charge in [0.15, 0.2) is 9.92 Å². The lowest BCUT2D eigenvalue weighted by molar-refractivity contribution is 0.179. The van der Waals surface area contributed by atoms with Crippen LogP contribution in [0, 0.1) is 0 Å². The summed E-state index contributed by atoms with van der Waals surface area (Å²) >= 11 is 0. The van der Waals surface area contributed by atoms with Gasteiger partial charge in [0, 0.05) is 18.7 Å². The number of urea groups is 1. The lowest BCUT2D eigenvalue weighted by atomic mass is 9.94. The molecule has 1 aromatic heterocycles. The Balaban J connectivity index is 1.50. The van der Waals surface area contributed by atoms with Gasteiger partial charge in [0.25, 0.3) is 0 Å². The van der Waals surface area contributed by atoms with E-state index in [0.717, 1.165) is 48.9 Å². The molecule has 3 N–H and O–H groups in total. The highest BCUT2D eigenvalue weighted by Gasteiger charge is 2.32. The van der Waals surface area contributed by atoms with Crippen LogP contribution in [0.1, 0.15) is 54.0 Å². The maximum Gasteiger partial charge on any atom is 0.354 e. The Bertz CT molecular complexity index is 1180. The minimum absolute atomic E-state index is 0.0139. The van der Waals surface area contributed by atoms with E-state index in [0.29, 0.717) is 19.1 Å². The van der Waals surface area contributed by atoms with Crippen LogP contribution in [0.25, 0.3) is 0 Å². The first-order valence-electron chi connectivity index (χ1n) is 10.6. The van der Waals surface area contributed by atoms with Crippen molar-refractivity contribution in [2.24, 2.45) is 9.50 Å². The van der Waals surface area contributed by atoms with Crippen molar-refractivity contribution >= 4 is 21.6 Å². The van der Waals surface area contributed by atoms with E-state index < -0.39 is 15.9 Å². The molecule has 2 amide bonds. The number of aromatic nitrogens is 2. The zero-order valence-corrected chi connectivity index (χ0v) is 18.5. The van der Waals surface area contributed by atoms with Crippen LogP contribution < -0.4 is 15.2 Å². The van der Waals surface area contributed by atoms with Gasteiger partial charge >= 0.3 is 6.03 Å². The van der Waals surface area contributed by atoms with Crippen molar-refractivity contribution in [1.29, 1.82) is 0 Å². The first-order chi connectivity index (χ1) is 14.9. The molecule has 0 fully saturated rings. The number of fused-ring (bicyclic) bond motifs is 3. The smallest absolute Gasteiger partial charge is 0.354 e. The van der Waals surface area contributed by atoms with Gasteiger partial charge in [-0.2, -0.15) is 5.10 Å². The third-order valence-electron chi connectivity index (χ3n) is 6.43. The second kappa shape index (κ2) is 7.61. The molecule has 1 aliphatic heterocycles. The van der Waals surface area contributed by atoms with Crippen LogP contribution in [-0.4, -0.2) is 40.3 Å². The summed E-state index contributed by atoms with van der Waals surface area (Å²) in [5.41, 5.74) is 5.61. The number of nitrogens with two attached hydrogens (primary N) is 1. The molecule has 0 saturated heterocycles. The Kier molecular flexibility index (Phi) is 5.03. The van der Waals surface area contributed by atoms with Gasteiger partial charge in [0.05, 0.1) is 18.8 Å². The number of methoxy groups -OCH3 is 1. The van der Waals surface area contributed by atoms with Crippen molar-refractivity contribution in [3.8, 4) is 5.88 Å². The van der Waals surface area contributed by atoms with Gasteiger partial charge in [-0.3, -0.25) is 0 Å². The third-order valence-corrected chi connectivity index (χ3v) is 7.77. The Morgan fingerprint density at radius 1 is 1.42 bits per heavy atom. The molecule has 2 aromatic rings. The van der Waals surface area contributed by atoms with Crippen molar-refractivity contribution in [2.75, 3.05) is 25.6 Å². The summed E-state index contributed by atoms with van der Waals surface area (Å²) in [6.07, 6.45) is 6.28. The number of aryl methyl sites for hydroxylation is 2. The summed E-state index contributed by atoms with van der Waals surface area (Å²) in [6.45, 7) is 2.95. The number of hydrogen-bond acceptors (Lipinski definition) is 5. The molecule has 5 rings (SSSR count). The van der Waals surface area contributed by atoms with Crippen LogP contribution in [0.2, 0.25) is 0 Å². The first-order valence-corrected chi connectivity index (χ1v) is 12.2. The summed E-state index contributed by atoms with van der Waals surface area (Å²) in [4.78, 5) is 13.1.